The molecule has 0 aromatic rings. The Morgan fingerprint density at radius 2 is 2.24 bits per heavy atom. The molecule has 0 aromatic heterocycles. The number of ether oxygens (including phenoxy) is 2. The second-order valence-electron chi connectivity index (χ2n) is 5.92. The van der Waals surface area contributed by atoms with Gasteiger partial charge in [0.15, 0.2) is 0 Å². The topological polar surface area (TPSA) is 50.8 Å². The summed E-state index contributed by atoms with van der Waals surface area (Å²) in [4.78, 5) is 14.2. The Morgan fingerprint density at radius 3 is 2.86 bits per heavy atom. The van der Waals surface area contributed by atoms with E-state index < -0.39 is 0 Å². The summed E-state index contributed by atoms with van der Waals surface area (Å²) in [5.74, 6) is 0.616. The van der Waals surface area contributed by atoms with E-state index >= 15 is 0 Å². The average molecular weight is 321 g/mol. The molecular weight excluding hydrogens is 292 g/mol. The van der Waals surface area contributed by atoms with Crippen LogP contribution in [0.2, 0.25) is 0 Å². The van der Waals surface area contributed by atoms with Gasteiger partial charge in [0, 0.05) is 26.2 Å². The van der Waals surface area contributed by atoms with Gasteiger partial charge in [-0.15, -0.1) is 12.4 Å². The Kier molecular flexibility index (Phi) is 8.56. The molecule has 0 saturated carbocycles. The standard InChI is InChI=1S/C15H28N2O3.ClH/c1-3-20-15(18)8-13-7-14(19-2)11-17(13)10-12-5-4-6-16-9-12;/h12-14,16H,3-11H2,1-2H3;1H. The molecule has 21 heavy (non-hydrogen) atoms. The molecule has 6 heteroatoms. The summed E-state index contributed by atoms with van der Waals surface area (Å²) in [5, 5.41) is 3.46. The number of methoxy groups -OCH3 is 1. The second kappa shape index (κ2) is 9.62. The molecular formula is C15H29ClN2O3. The number of nitrogens with one attached hydrogen (secondary N) is 1. The molecule has 0 bridgehead atoms. The zero-order valence-corrected chi connectivity index (χ0v) is 14.0. The Morgan fingerprint density at radius 1 is 1.43 bits per heavy atom. The number of likely N-dealkylation sites (tertiary alicyclic amines) is 1. The quantitative estimate of drug-likeness (QED) is 0.751. The van der Waals surface area contributed by atoms with Crippen LogP contribution in [0.4, 0.5) is 0 Å². The van der Waals surface area contributed by atoms with E-state index in [2.05, 4.69) is 10.2 Å². The van der Waals surface area contributed by atoms with Crippen LogP contribution in [0.3, 0.4) is 0 Å². The molecule has 2 aliphatic rings. The molecule has 2 saturated heterocycles. The number of rotatable bonds is 6. The molecule has 2 aliphatic heterocycles. The van der Waals surface area contributed by atoms with E-state index in [0.29, 0.717) is 18.9 Å². The van der Waals surface area contributed by atoms with Gasteiger partial charge in [0.2, 0.25) is 0 Å². The van der Waals surface area contributed by atoms with Gasteiger partial charge in [0.25, 0.3) is 0 Å². The number of hydrogen-bond acceptors (Lipinski definition) is 5. The van der Waals surface area contributed by atoms with Crippen LogP contribution in [0.15, 0.2) is 0 Å². The summed E-state index contributed by atoms with van der Waals surface area (Å²) in [6, 6.07) is 0.279. The van der Waals surface area contributed by atoms with Crippen molar-refractivity contribution in [1.82, 2.24) is 10.2 Å². The molecule has 0 radical (unpaired) electrons. The zero-order valence-electron chi connectivity index (χ0n) is 13.2. The summed E-state index contributed by atoms with van der Waals surface area (Å²) in [6.45, 7) is 6.57. The van der Waals surface area contributed by atoms with Crippen LogP contribution in [0.25, 0.3) is 0 Å². The first kappa shape index (κ1) is 18.7. The highest BCUT2D eigenvalue weighted by Crippen LogP contribution is 2.25. The average Bonchev–Trinajstić information content (AvgIpc) is 2.82. The molecule has 0 amide bonds. The Hall–Kier alpha value is -0.360. The lowest BCUT2D eigenvalue weighted by Gasteiger charge is -2.30. The van der Waals surface area contributed by atoms with Gasteiger partial charge < -0.3 is 14.8 Å². The third-order valence-corrected chi connectivity index (χ3v) is 4.42. The van der Waals surface area contributed by atoms with E-state index in [9.17, 15) is 4.79 Å². The number of esters is 1. The van der Waals surface area contributed by atoms with E-state index in [1.165, 1.54) is 12.8 Å². The third-order valence-electron chi connectivity index (χ3n) is 4.42. The first-order valence-electron chi connectivity index (χ1n) is 7.86. The van der Waals surface area contributed by atoms with Gasteiger partial charge in [-0.3, -0.25) is 9.69 Å². The van der Waals surface area contributed by atoms with Crippen molar-refractivity contribution in [3.63, 3.8) is 0 Å². The van der Waals surface area contributed by atoms with Gasteiger partial charge in [0.1, 0.15) is 0 Å². The van der Waals surface area contributed by atoms with Crippen molar-refractivity contribution in [2.75, 3.05) is 39.9 Å². The van der Waals surface area contributed by atoms with E-state index in [0.717, 1.165) is 32.6 Å². The lowest BCUT2D eigenvalue weighted by atomic mass is 9.98. The van der Waals surface area contributed by atoms with Gasteiger partial charge in [-0.05, 0) is 45.2 Å². The summed E-state index contributed by atoms with van der Waals surface area (Å²) in [5.41, 5.74) is 0. The summed E-state index contributed by atoms with van der Waals surface area (Å²) < 4.78 is 10.6. The minimum absolute atomic E-state index is 0. The zero-order chi connectivity index (χ0) is 14.4. The Balaban J connectivity index is 0.00000220. The van der Waals surface area contributed by atoms with Gasteiger partial charge in [-0.2, -0.15) is 0 Å². The second-order valence-corrected chi connectivity index (χ2v) is 5.92. The monoisotopic (exact) mass is 320 g/mol. The fraction of sp³-hybridized carbons (Fsp3) is 0.933. The van der Waals surface area contributed by atoms with Crippen molar-refractivity contribution >= 4 is 18.4 Å². The molecule has 2 rings (SSSR count). The fourth-order valence-corrected chi connectivity index (χ4v) is 3.37. The largest absolute Gasteiger partial charge is 0.466 e. The first-order chi connectivity index (χ1) is 9.72. The van der Waals surface area contributed by atoms with Crippen LogP contribution in [0.1, 0.15) is 32.6 Å². The minimum Gasteiger partial charge on any atom is -0.466 e. The van der Waals surface area contributed by atoms with Crippen LogP contribution in [-0.2, 0) is 14.3 Å². The van der Waals surface area contributed by atoms with Crippen molar-refractivity contribution in [3.05, 3.63) is 0 Å². The summed E-state index contributed by atoms with van der Waals surface area (Å²) >= 11 is 0. The van der Waals surface area contributed by atoms with Gasteiger partial charge in [-0.1, -0.05) is 0 Å². The maximum atomic E-state index is 11.7. The van der Waals surface area contributed by atoms with Crippen LogP contribution >= 0.6 is 12.4 Å². The number of hydrogen-bond donors (Lipinski definition) is 1. The maximum absolute atomic E-state index is 11.7. The molecule has 2 fully saturated rings. The van der Waals surface area contributed by atoms with Crippen molar-refractivity contribution in [3.8, 4) is 0 Å². The smallest absolute Gasteiger partial charge is 0.307 e. The highest BCUT2D eigenvalue weighted by molar-refractivity contribution is 5.85. The number of piperidine rings is 1. The molecule has 124 valence electrons. The maximum Gasteiger partial charge on any atom is 0.307 e. The summed E-state index contributed by atoms with van der Waals surface area (Å²) in [6.07, 6.45) is 4.23. The van der Waals surface area contributed by atoms with E-state index in [-0.39, 0.29) is 30.5 Å². The highest BCUT2D eigenvalue weighted by atomic mass is 35.5. The van der Waals surface area contributed by atoms with Crippen molar-refractivity contribution in [1.29, 1.82) is 0 Å². The van der Waals surface area contributed by atoms with E-state index in [4.69, 9.17) is 9.47 Å². The summed E-state index contributed by atoms with van der Waals surface area (Å²) in [7, 11) is 1.76. The van der Waals surface area contributed by atoms with Crippen LogP contribution < -0.4 is 5.32 Å². The molecule has 2 heterocycles. The van der Waals surface area contributed by atoms with Crippen LogP contribution in [0.5, 0.6) is 0 Å². The lowest BCUT2D eigenvalue weighted by Crippen LogP contribution is -2.41. The van der Waals surface area contributed by atoms with Crippen molar-refractivity contribution < 1.29 is 14.3 Å². The first-order valence-corrected chi connectivity index (χ1v) is 7.86. The number of halogens is 1. The van der Waals surface area contributed by atoms with Crippen LogP contribution in [-0.4, -0.2) is 62.9 Å². The molecule has 3 atom stereocenters. The number of nitrogens with zero attached hydrogens (tertiary/aromatic N) is 1. The predicted molar refractivity (Wildman–Crippen MR) is 84.9 cm³/mol. The molecule has 0 spiro atoms. The molecule has 5 nitrogen and oxygen atoms in total. The van der Waals surface area contributed by atoms with Gasteiger partial charge >= 0.3 is 5.97 Å². The highest BCUT2D eigenvalue weighted by Gasteiger charge is 2.35. The molecule has 3 unspecified atom stereocenters. The van der Waals surface area contributed by atoms with E-state index in [1.54, 1.807) is 7.11 Å². The van der Waals surface area contributed by atoms with Crippen molar-refractivity contribution in [2.45, 2.75) is 44.8 Å². The molecule has 0 aromatic carbocycles. The van der Waals surface area contributed by atoms with Gasteiger partial charge in [-0.25, -0.2) is 0 Å². The Labute approximate surface area is 134 Å². The van der Waals surface area contributed by atoms with E-state index in [1.807, 2.05) is 6.92 Å². The third kappa shape index (κ3) is 5.74. The number of carbonyl (C=O) groups is 1. The predicted octanol–water partition coefficient (Wildman–Crippen LogP) is 1.45. The van der Waals surface area contributed by atoms with Crippen LogP contribution in [0, 0.1) is 5.92 Å². The Bertz CT molecular complexity index is 311. The molecule has 1 N–H and O–H groups in total. The number of carbonyl (C=O) groups excluding carboxylic acids is 1. The molecule has 0 aliphatic carbocycles. The minimum atomic E-state index is -0.0824. The van der Waals surface area contributed by atoms with Crippen molar-refractivity contribution in [2.24, 2.45) is 5.92 Å². The van der Waals surface area contributed by atoms with Gasteiger partial charge in [0.05, 0.1) is 19.1 Å². The normalized spacial score (nSPS) is 29.9. The lowest BCUT2D eigenvalue weighted by molar-refractivity contribution is -0.144. The SMILES string of the molecule is CCOC(=O)CC1CC(OC)CN1CC1CCCNC1.Cl. The fourth-order valence-electron chi connectivity index (χ4n) is 3.37.